The second-order valence-corrected chi connectivity index (χ2v) is 12.5. The first-order valence-electron chi connectivity index (χ1n) is 17.1. The summed E-state index contributed by atoms with van der Waals surface area (Å²) in [4.78, 5) is 33.2. The topological polar surface area (TPSA) is 228 Å². The molecule has 282 valence electrons. The molecule has 2 rings (SSSR count). The molecule has 0 aromatic rings. The summed E-state index contributed by atoms with van der Waals surface area (Å²) in [7, 11) is 0. The minimum atomic E-state index is -1.78. The number of rotatable bonds is 22. The van der Waals surface area contributed by atoms with Gasteiger partial charge in [-0.15, -0.1) is 0 Å². The van der Waals surface area contributed by atoms with Crippen LogP contribution < -0.4 is 0 Å². The summed E-state index contributed by atoms with van der Waals surface area (Å²) in [6.07, 6.45) is 1.79. The maximum Gasteiger partial charge on any atom is 0.303 e. The predicted molar refractivity (Wildman–Crippen MR) is 173 cm³/mol. The van der Waals surface area contributed by atoms with Crippen LogP contribution in [0.3, 0.4) is 0 Å². The molecule has 0 aromatic heterocycles. The lowest BCUT2D eigenvalue weighted by Gasteiger charge is -2.46. The number of aliphatic carboxylic acids is 1. The number of carboxylic acids is 1. The van der Waals surface area contributed by atoms with E-state index >= 15 is 0 Å². The van der Waals surface area contributed by atoms with Gasteiger partial charge in [0.25, 0.3) is 0 Å². The number of hydrogen-bond donors (Lipinski definition) is 6. The number of allylic oxidation sites excluding steroid dienone is 4. The normalized spacial score (nSPS) is 31.2. The van der Waals surface area contributed by atoms with Crippen molar-refractivity contribution in [3.63, 3.8) is 0 Å². The van der Waals surface area contributed by atoms with Crippen molar-refractivity contribution in [3.8, 4) is 0 Å². The van der Waals surface area contributed by atoms with E-state index in [4.69, 9.17) is 33.5 Å². The summed E-state index contributed by atoms with van der Waals surface area (Å²) in [6.45, 7) is 3.30. The van der Waals surface area contributed by atoms with E-state index in [1.54, 1.807) is 6.92 Å². The van der Waals surface area contributed by atoms with E-state index in [-0.39, 0.29) is 13.0 Å². The molecule has 2 aliphatic rings. The fraction of sp³-hybridized carbons (Fsp3) is 0.794. The van der Waals surface area contributed by atoms with Crippen molar-refractivity contribution in [2.45, 2.75) is 159 Å². The maximum atomic E-state index is 11.4. The van der Waals surface area contributed by atoms with Crippen molar-refractivity contribution < 1.29 is 73.4 Å². The van der Waals surface area contributed by atoms with Gasteiger partial charge in [-0.05, 0) is 51.9 Å². The second-order valence-electron chi connectivity index (χ2n) is 12.5. The van der Waals surface area contributed by atoms with E-state index in [0.717, 1.165) is 64.7 Å². The molecular formula is C34H56O15. The molecule has 0 saturated carbocycles. The van der Waals surface area contributed by atoms with Gasteiger partial charge in [0.1, 0.15) is 62.0 Å². The summed E-state index contributed by atoms with van der Waals surface area (Å²) in [5, 5.41) is 61.7. The van der Waals surface area contributed by atoms with Crippen LogP contribution in [-0.2, 0) is 42.8 Å². The first-order chi connectivity index (χ1) is 23.3. The van der Waals surface area contributed by atoms with Crippen molar-refractivity contribution in [2.24, 2.45) is 0 Å². The van der Waals surface area contributed by atoms with Gasteiger partial charge < -0.3 is 59.1 Å². The summed E-state index contributed by atoms with van der Waals surface area (Å²) < 4.78 is 33.2. The van der Waals surface area contributed by atoms with Crippen LogP contribution in [0.15, 0.2) is 24.3 Å². The van der Waals surface area contributed by atoms with E-state index in [0.29, 0.717) is 6.42 Å². The van der Waals surface area contributed by atoms with Gasteiger partial charge in [-0.1, -0.05) is 43.6 Å². The van der Waals surface area contributed by atoms with Gasteiger partial charge >= 0.3 is 17.9 Å². The molecule has 49 heavy (non-hydrogen) atoms. The van der Waals surface area contributed by atoms with Crippen LogP contribution in [0.4, 0.5) is 0 Å². The third-order valence-electron chi connectivity index (χ3n) is 8.22. The summed E-state index contributed by atoms with van der Waals surface area (Å²) in [5.74, 6) is -2.02. The zero-order valence-corrected chi connectivity index (χ0v) is 28.7. The lowest BCUT2D eigenvalue weighted by molar-refractivity contribution is -0.371. The molecule has 0 aromatic carbocycles. The largest absolute Gasteiger partial charge is 0.481 e. The van der Waals surface area contributed by atoms with Crippen LogP contribution >= 0.6 is 0 Å². The first kappa shape index (κ1) is 42.7. The second kappa shape index (κ2) is 23.1. The molecule has 2 fully saturated rings. The molecule has 2 aliphatic heterocycles. The van der Waals surface area contributed by atoms with Gasteiger partial charge in [0.15, 0.2) is 12.6 Å². The summed E-state index contributed by atoms with van der Waals surface area (Å²) in [5.41, 5.74) is 0. The molecule has 0 unspecified atom stereocenters. The van der Waals surface area contributed by atoms with Crippen LogP contribution in [0, 0.1) is 0 Å². The number of aliphatic hydroxyl groups is 5. The van der Waals surface area contributed by atoms with E-state index < -0.39 is 92.0 Å². The molecular weight excluding hydrogens is 648 g/mol. The fourth-order valence-electron chi connectivity index (χ4n) is 5.41. The Morgan fingerprint density at radius 3 is 1.80 bits per heavy atom. The Balaban J connectivity index is 1.89. The zero-order valence-electron chi connectivity index (χ0n) is 28.7. The predicted octanol–water partition coefficient (Wildman–Crippen LogP) is 1.65. The summed E-state index contributed by atoms with van der Waals surface area (Å²) >= 11 is 0. The zero-order chi connectivity index (χ0) is 36.3. The van der Waals surface area contributed by atoms with Crippen LogP contribution in [0.1, 0.15) is 91.4 Å². The molecule has 0 spiro atoms. The fourth-order valence-corrected chi connectivity index (χ4v) is 5.41. The van der Waals surface area contributed by atoms with Gasteiger partial charge in [0.05, 0.1) is 6.10 Å². The van der Waals surface area contributed by atoms with Crippen molar-refractivity contribution in [1.29, 1.82) is 0 Å². The number of ether oxygens (including phenoxy) is 6. The lowest BCUT2D eigenvalue weighted by Crippen LogP contribution is -2.65. The van der Waals surface area contributed by atoms with Crippen molar-refractivity contribution in [1.82, 2.24) is 0 Å². The van der Waals surface area contributed by atoms with Gasteiger partial charge in [0.2, 0.25) is 0 Å². The van der Waals surface area contributed by atoms with E-state index in [1.165, 1.54) is 6.92 Å². The van der Waals surface area contributed by atoms with Gasteiger partial charge in [-0.25, -0.2) is 0 Å². The molecule has 15 nitrogen and oxygen atoms in total. The number of aliphatic hydroxyl groups excluding tert-OH is 5. The molecule has 15 heteroatoms. The van der Waals surface area contributed by atoms with Crippen molar-refractivity contribution >= 4 is 17.9 Å². The van der Waals surface area contributed by atoms with Crippen LogP contribution in [0.5, 0.6) is 0 Å². The molecule has 11 atom stereocenters. The smallest absolute Gasteiger partial charge is 0.303 e. The van der Waals surface area contributed by atoms with E-state index in [9.17, 15) is 39.9 Å². The monoisotopic (exact) mass is 704 g/mol. The van der Waals surface area contributed by atoms with Gasteiger partial charge in [-0.3, -0.25) is 14.4 Å². The molecule has 0 bridgehead atoms. The number of carboxylic acid groups (broad SMARTS) is 1. The Hall–Kier alpha value is -2.47. The Morgan fingerprint density at radius 2 is 1.20 bits per heavy atom. The quantitative estimate of drug-likeness (QED) is 0.0535. The third-order valence-corrected chi connectivity index (χ3v) is 8.22. The molecule has 0 amide bonds. The maximum absolute atomic E-state index is 11.4. The van der Waals surface area contributed by atoms with Gasteiger partial charge in [-0.2, -0.15) is 0 Å². The van der Waals surface area contributed by atoms with Crippen LogP contribution in [0.2, 0.25) is 0 Å². The van der Waals surface area contributed by atoms with E-state index in [2.05, 4.69) is 24.3 Å². The number of unbranched alkanes of at least 4 members (excludes halogenated alkanes) is 6. The van der Waals surface area contributed by atoms with Gasteiger partial charge in [0, 0.05) is 20.3 Å². The lowest BCUT2D eigenvalue weighted by atomic mass is 9.97. The first-order valence-corrected chi connectivity index (χ1v) is 17.1. The number of carbonyl (C=O) groups excluding carboxylic acids is 2. The molecule has 2 heterocycles. The Labute approximate surface area is 287 Å². The van der Waals surface area contributed by atoms with Crippen LogP contribution in [-0.4, -0.2) is 129 Å². The average molecular weight is 705 g/mol. The number of esters is 2. The number of hydrogen-bond acceptors (Lipinski definition) is 14. The highest BCUT2D eigenvalue weighted by atomic mass is 16.8. The molecule has 6 N–H and O–H groups in total. The Kier molecular flexibility index (Phi) is 20.1. The van der Waals surface area contributed by atoms with Crippen LogP contribution in [0.25, 0.3) is 0 Å². The average Bonchev–Trinajstić information content (AvgIpc) is 3.04. The summed E-state index contributed by atoms with van der Waals surface area (Å²) in [6, 6.07) is 0. The SMILES string of the molecule is CC(=O)OC[C@H]1O[C@@H](O[C@H]2[C@H](O[C@@H](C)CCCC=CCC=CCCCCCCCC(=O)O)O[C@H](COC(C)=O)[C@@H](O)[C@@H]2O)[C@H](O)[C@@H](O)[C@@H]1O. The Morgan fingerprint density at radius 1 is 0.673 bits per heavy atom. The highest BCUT2D eigenvalue weighted by Gasteiger charge is 2.51. The van der Waals surface area contributed by atoms with Crippen molar-refractivity contribution in [3.05, 3.63) is 24.3 Å². The molecule has 0 aliphatic carbocycles. The van der Waals surface area contributed by atoms with E-state index in [1.807, 2.05) is 0 Å². The minimum absolute atomic E-state index is 0.237. The molecule has 0 radical (unpaired) electrons. The third kappa shape index (κ3) is 16.0. The number of carbonyl (C=O) groups is 3. The standard InChI is InChI=1S/C34H56O15/c1-21(17-15-13-11-9-7-5-4-6-8-10-12-14-16-18-26(37)38)46-34-32(30(42)28(40)25(48-34)20-45-23(3)36)49-33-31(43)29(41)27(39)24(47-33)19-44-22(2)35/h4-5,9,11,21,24-25,27-34,39-43H,6-8,10,12-20H2,1-3H3,(H,37,38)/t21-,24+,25+,27+,28+,29-,30-,31+,32+,33-,34+/m0/s1. The highest BCUT2D eigenvalue weighted by Crippen LogP contribution is 2.31. The molecule has 2 saturated heterocycles. The van der Waals surface area contributed by atoms with Crippen molar-refractivity contribution in [2.75, 3.05) is 13.2 Å². The Bertz CT molecular complexity index is 1040. The minimum Gasteiger partial charge on any atom is -0.481 e. The highest BCUT2D eigenvalue weighted by molar-refractivity contribution is 5.66.